The van der Waals surface area contributed by atoms with Gasteiger partial charge in [0.15, 0.2) is 0 Å². The first-order valence-corrected chi connectivity index (χ1v) is 11.2. The predicted molar refractivity (Wildman–Crippen MR) is 128 cm³/mol. The molecule has 0 amide bonds. The fraction of sp³-hybridized carbons (Fsp3) is 0.429. The highest BCUT2D eigenvalue weighted by atomic mass is 16.3. The number of hydrogen-bond donors (Lipinski definition) is 0. The van der Waals surface area contributed by atoms with Gasteiger partial charge in [0.25, 0.3) is 0 Å². The van der Waals surface area contributed by atoms with Gasteiger partial charge in [-0.25, -0.2) is 4.98 Å². The minimum Gasteiger partial charge on any atom is -0.437 e. The minimum absolute atomic E-state index is 0.0206. The first-order valence-electron chi connectivity index (χ1n) is 12.7. The molecule has 0 unspecified atom stereocenters. The summed E-state index contributed by atoms with van der Waals surface area (Å²) in [7, 11) is 0. The van der Waals surface area contributed by atoms with Crippen LogP contribution in [-0.4, -0.2) is 9.97 Å². The van der Waals surface area contributed by atoms with Crippen LogP contribution >= 0.6 is 0 Å². The second-order valence-electron chi connectivity index (χ2n) is 10.5. The molecule has 0 radical (unpaired) electrons. The third kappa shape index (κ3) is 3.26. The number of fused-ring (bicyclic) bond motifs is 3. The molecule has 3 heterocycles. The van der Waals surface area contributed by atoms with Crippen LogP contribution in [0.1, 0.15) is 73.8 Å². The molecule has 1 saturated carbocycles. The third-order valence-electron chi connectivity index (χ3n) is 7.23. The Bertz CT molecular complexity index is 1380. The van der Waals surface area contributed by atoms with Crippen molar-refractivity contribution in [3.8, 4) is 11.3 Å². The highest BCUT2D eigenvalue weighted by Crippen LogP contribution is 2.57. The van der Waals surface area contributed by atoms with Crippen LogP contribution in [0.2, 0.25) is 0 Å². The van der Waals surface area contributed by atoms with E-state index >= 15 is 0 Å². The Labute approximate surface area is 189 Å². The van der Waals surface area contributed by atoms with Crippen molar-refractivity contribution in [3.63, 3.8) is 0 Å². The highest BCUT2D eigenvalue weighted by molar-refractivity contribution is 6.08. The number of aryl methyl sites for hydroxylation is 2. The Morgan fingerprint density at radius 3 is 2.55 bits per heavy atom. The van der Waals surface area contributed by atoms with Crippen molar-refractivity contribution in [2.75, 3.05) is 0 Å². The van der Waals surface area contributed by atoms with E-state index in [1.807, 2.05) is 43.3 Å². The van der Waals surface area contributed by atoms with Crippen molar-refractivity contribution >= 4 is 22.1 Å². The summed E-state index contributed by atoms with van der Waals surface area (Å²) in [5.74, 6) is 0.102. The topological polar surface area (TPSA) is 38.9 Å². The van der Waals surface area contributed by atoms with Crippen LogP contribution in [0.15, 0.2) is 47.0 Å². The Hall–Kier alpha value is -2.68. The van der Waals surface area contributed by atoms with E-state index in [4.69, 9.17) is 8.53 Å². The van der Waals surface area contributed by atoms with E-state index < -0.39 is 6.85 Å². The van der Waals surface area contributed by atoms with Crippen molar-refractivity contribution < 1.29 is 8.53 Å². The lowest BCUT2D eigenvalue weighted by molar-refractivity contribution is 0.0723. The van der Waals surface area contributed by atoms with Crippen LogP contribution in [0.4, 0.5) is 0 Å². The van der Waals surface area contributed by atoms with Crippen LogP contribution in [0.3, 0.4) is 0 Å². The highest BCUT2D eigenvalue weighted by Gasteiger charge is 2.45. The van der Waals surface area contributed by atoms with E-state index in [0.29, 0.717) is 11.3 Å². The van der Waals surface area contributed by atoms with Crippen molar-refractivity contribution in [1.29, 1.82) is 0 Å². The summed E-state index contributed by atoms with van der Waals surface area (Å²) in [5.41, 5.74) is 5.05. The number of hydrogen-bond acceptors (Lipinski definition) is 3. The van der Waals surface area contributed by atoms with Gasteiger partial charge in [-0.2, -0.15) is 0 Å². The van der Waals surface area contributed by atoms with E-state index in [1.54, 1.807) is 6.20 Å². The quantitative estimate of drug-likeness (QED) is 0.333. The molecular formula is C28H32N2O. The minimum atomic E-state index is -2.22. The Balaban J connectivity index is 1.76. The van der Waals surface area contributed by atoms with Gasteiger partial charge in [-0.1, -0.05) is 46.2 Å². The zero-order valence-corrected chi connectivity index (χ0v) is 19.0. The van der Waals surface area contributed by atoms with Gasteiger partial charge in [0.1, 0.15) is 5.58 Å². The standard InChI is InChI=1S/C28H32N2O/c1-17-16-29-23(15-22(17)25-27(3,4)13-8-14-28(25,5)6)21-10-7-9-19-20-12-11-18(2)30-26(20)31-24(19)21/h7,9-12,15-16,25H,8,13-14H2,1-6H3/i1D3. The molecule has 1 aliphatic carbocycles. The van der Waals surface area contributed by atoms with Gasteiger partial charge in [0.2, 0.25) is 5.71 Å². The van der Waals surface area contributed by atoms with Gasteiger partial charge in [-0.15, -0.1) is 0 Å². The number of benzene rings is 1. The average molecular weight is 416 g/mol. The van der Waals surface area contributed by atoms with Crippen LogP contribution in [0, 0.1) is 24.6 Å². The molecule has 1 fully saturated rings. The van der Waals surface area contributed by atoms with Crippen molar-refractivity contribution in [2.45, 2.75) is 66.7 Å². The number of aromatic nitrogens is 2. The lowest BCUT2D eigenvalue weighted by atomic mass is 9.55. The third-order valence-corrected chi connectivity index (χ3v) is 7.23. The molecule has 0 spiro atoms. The number of nitrogens with zero attached hydrogens (tertiary/aromatic N) is 2. The van der Waals surface area contributed by atoms with E-state index in [1.165, 1.54) is 0 Å². The number of para-hydroxylation sites is 1. The van der Waals surface area contributed by atoms with E-state index in [2.05, 4.69) is 37.7 Å². The maximum absolute atomic E-state index is 8.26. The molecule has 4 aromatic rings. The van der Waals surface area contributed by atoms with E-state index in [0.717, 1.165) is 58.1 Å². The van der Waals surface area contributed by atoms with Crippen LogP contribution in [0.25, 0.3) is 33.3 Å². The summed E-state index contributed by atoms with van der Waals surface area (Å²) < 4.78 is 31.0. The average Bonchev–Trinajstić information content (AvgIpc) is 3.09. The number of pyridine rings is 2. The number of furan rings is 1. The van der Waals surface area contributed by atoms with Crippen LogP contribution in [0.5, 0.6) is 0 Å². The maximum Gasteiger partial charge on any atom is 0.227 e. The van der Waals surface area contributed by atoms with Crippen LogP contribution in [-0.2, 0) is 0 Å². The van der Waals surface area contributed by atoms with E-state index in [-0.39, 0.29) is 16.7 Å². The van der Waals surface area contributed by atoms with Gasteiger partial charge < -0.3 is 4.42 Å². The Morgan fingerprint density at radius 2 is 1.81 bits per heavy atom. The van der Waals surface area contributed by atoms with Crippen molar-refractivity contribution in [1.82, 2.24) is 9.97 Å². The summed E-state index contributed by atoms with van der Waals surface area (Å²) in [4.78, 5) is 9.23. The smallest absolute Gasteiger partial charge is 0.227 e. The molecule has 0 N–H and O–H groups in total. The monoisotopic (exact) mass is 415 g/mol. The SMILES string of the molecule is [2H]C([2H])([2H])c1cnc(-c2cccc3c2oc2nc(C)ccc23)cc1C1C(C)(C)CCCC1(C)C. The summed E-state index contributed by atoms with van der Waals surface area (Å²) >= 11 is 0. The second kappa shape index (κ2) is 6.91. The first kappa shape index (κ1) is 16.9. The summed E-state index contributed by atoms with van der Waals surface area (Å²) in [6, 6.07) is 12.1. The van der Waals surface area contributed by atoms with Gasteiger partial charge in [-0.05, 0) is 78.8 Å². The molecule has 31 heavy (non-hydrogen) atoms. The second-order valence-corrected chi connectivity index (χ2v) is 10.5. The molecule has 0 bridgehead atoms. The molecule has 0 aliphatic heterocycles. The normalized spacial score (nSPS) is 20.5. The fourth-order valence-electron chi connectivity index (χ4n) is 6.02. The molecular weight excluding hydrogens is 380 g/mol. The lowest BCUT2D eigenvalue weighted by Gasteiger charge is -2.50. The summed E-state index contributed by atoms with van der Waals surface area (Å²) in [6.07, 6.45) is 4.87. The van der Waals surface area contributed by atoms with Gasteiger partial charge in [-0.3, -0.25) is 4.98 Å². The molecule has 3 nitrogen and oxygen atoms in total. The molecule has 3 heteroatoms. The largest absolute Gasteiger partial charge is 0.437 e. The molecule has 5 rings (SSSR count). The molecule has 0 atom stereocenters. The zero-order valence-electron chi connectivity index (χ0n) is 22.0. The first-order chi connectivity index (χ1) is 15.9. The van der Waals surface area contributed by atoms with Gasteiger partial charge in [0, 0.05) is 32.3 Å². The molecule has 1 aromatic carbocycles. The zero-order chi connectivity index (χ0) is 24.5. The van der Waals surface area contributed by atoms with Crippen molar-refractivity contribution in [2.24, 2.45) is 10.8 Å². The molecule has 0 saturated heterocycles. The van der Waals surface area contributed by atoms with Gasteiger partial charge >= 0.3 is 0 Å². The lowest BCUT2D eigenvalue weighted by Crippen LogP contribution is -2.38. The number of rotatable bonds is 2. The maximum atomic E-state index is 8.26. The summed E-state index contributed by atoms with van der Waals surface area (Å²) in [6.45, 7) is 8.82. The van der Waals surface area contributed by atoms with Crippen LogP contribution < -0.4 is 0 Å². The van der Waals surface area contributed by atoms with Crippen molar-refractivity contribution in [3.05, 3.63) is 59.4 Å². The molecule has 160 valence electrons. The van der Waals surface area contributed by atoms with Gasteiger partial charge in [0.05, 0.1) is 5.69 Å². The van der Waals surface area contributed by atoms with E-state index in [9.17, 15) is 0 Å². The fourth-order valence-corrected chi connectivity index (χ4v) is 6.02. The Morgan fingerprint density at radius 1 is 1.03 bits per heavy atom. The summed E-state index contributed by atoms with van der Waals surface area (Å²) in [5, 5.41) is 1.96. The predicted octanol–water partition coefficient (Wildman–Crippen LogP) is 7.98. The Kier molecular flexibility index (Phi) is 3.78. The molecule has 1 aliphatic rings. The molecule has 3 aromatic heterocycles.